The van der Waals surface area contributed by atoms with Crippen LogP contribution in [0.25, 0.3) is 0 Å². The van der Waals surface area contributed by atoms with Crippen LogP contribution >= 0.6 is 23.5 Å². The summed E-state index contributed by atoms with van der Waals surface area (Å²) in [4.78, 5) is 21.9. The highest BCUT2D eigenvalue weighted by molar-refractivity contribution is 8.16. The van der Waals surface area contributed by atoms with Crippen LogP contribution < -0.4 is 14.8 Å². The van der Waals surface area contributed by atoms with E-state index in [9.17, 15) is 23.3 Å². The largest absolute Gasteiger partial charge is 0.484 e. The molecule has 0 saturated carbocycles. The number of rotatable bonds is 10. The van der Waals surface area contributed by atoms with E-state index in [4.69, 9.17) is 4.74 Å². The molecule has 12 heteroatoms. The fraction of sp³-hybridized carbons (Fsp3) is 0.350. The van der Waals surface area contributed by atoms with Gasteiger partial charge < -0.3 is 10.1 Å². The first kappa shape index (κ1) is 24.4. The molecule has 3 rings (SSSR count). The van der Waals surface area contributed by atoms with E-state index in [0.717, 1.165) is 17.6 Å². The lowest BCUT2D eigenvalue weighted by Gasteiger charge is -2.21. The molecular formula is C20H23N3O6S3. The molecule has 1 aliphatic rings. The Bertz CT molecular complexity index is 1040. The van der Waals surface area contributed by atoms with Crippen LogP contribution in [0.5, 0.6) is 5.75 Å². The van der Waals surface area contributed by atoms with Crippen molar-refractivity contribution in [3.05, 3.63) is 64.2 Å². The van der Waals surface area contributed by atoms with Gasteiger partial charge in [0.25, 0.3) is 11.6 Å². The van der Waals surface area contributed by atoms with Crippen molar-refractivity contribution in [3.8, 4) is 5.75 Å². The molecule has 32 heavy (non-hydrogen) atoms. The minimum atomic E-state index is -3.92. The highest BCUT2D eigenvalue weighted by Crippen LogP contribution is 2.43. The van der Waals surface area contributed by atoms with Gasteiger partial charge in [-0.2, -0.15) is 0 Å². The molecule has 2 N–H and O–H groups in total. The first-order chi connectivity index (χ1) is 15.3. The number of carbonyl (C=O) groups excluding carboxylic acids is 1. The average Bonchev–Trinajstić information content (AvgIpc) is 2.81. The zero-order chi connectivity index (χ0) is 23.0. The predicted octanol–water partition coefficient (Wildman–Crippen LogP) is 2.94. The molecule has 0 spiro atoms. The van der Waals surface area contributed by atoms with Gasteiger partial charge in [-0.1, -0.05) is 18.2 Å². The smallest absolute Gasteiger partial charge is 0.270 e. The number of thioether (sulfide) groups is 2. The lowest BCUT2D eigenvalue weighted by Crippen LogP contribution is -2.36. The summed E-state index contributed by atoms with van der Waals surface area (Å²) < 4.78 is 32.7. The number of non-ortho nitro benzene ring substituents is 1. The monoisotopic (exact) mass is 497 g/mol. The normalized spacial score (nSPS) is 14.6. The van der Waals surface area contributed by atoms with Crippen molar-refractivity contribution in [1.29, 1.82) is 0 Å². The molecule has 1 heterocycles. The molecule has 1 saturated heterocycles. The minimum Gasteiger partial charge on any atom is -0.484 e. The number of ether oxygens (including phenoxy) is 1. The Morgan fingerprint density at radius 1 is 1.12 bits per heavy atom. The van der Waals surface area contributed by atoms with E-state index in [-0.39, 0.29) is 36.2 Å². The van der Waals surface area contributed by atoms with Gasteiger partial charge in [-0.15, -0.1) is 23.5 Å². The number of benzene rings is 2. The topological polar surface area (TPSA) is 128 Å². The molecular weight excluding hydrogens is 474 g/mol. The lowest BCUT2D eigenvalue weighted by atomic mass is 10.2. The molecule has 172 valence electrons. The van der Waals surface area contributed by atoms with Crippen LogP contribution in [0.4, 0.5) is 5.69 Å². The third kappa shape index (κ3) is 7.12. The Kier molecular flexibility index (Phi) is 8.79. The van der Waals surface area contributed by atoms with Crippen LogP contribution in [0.1, 0.15) is 16.6 Å². The molecule has 0 bridgehead atoms. The first-order valence-electron chi connectivity index (χ1n) is 9.82. The number of nitrogens with one attached hydrogen (secondary N) is 2. The highest BCUT2D eigenvalue weighted by atomic mass is 32.2. The van der Waals surface area contributed by atoms with Crippen molar-refractivity contribution in [2.24, 2.45) is 0 Å². The number of nitrogens with zero attached hydrogens (tertiary/aromatic N) is 1. The molecule has 1 amide bonds. The van der Waals surface area contributed by atoms with Gasteiger partial charge in [-0.25, -0.2) is 13.1 Å². The third-order valence-corrected chi connectivity index (χ3v) is 8.90. The lowest BCUT2D eigenvalue weighted by molar-refractivity contribution is -0.385. The number of nitro groups is 1. The SMILES string of the molecule is O=C(COc1ccc(C2SCCCS2)cc1)NCCNS(=O)(=O)c1cccc([N+](=O)[O-])c1. The van der Waals surface area contributed by atoms with E-state index in [1.165, 1.54) is 30.2 Å². The van der Waals surface area contributed by atoms with E-state index >= 15 is 0 Å². The second kappa shape index (κ2) is 11.5. The van der Waals surface area contributed by atoms with Crippen LogP contribution in [-0.2, 0) is 14.8 Å². The van der Waals surface area contributed by atoms with Crippen LogP contribution in [0.15, 0.2) is 53.4 Å². The first-order valence-corrected chi connectivity index (χ1v) is 13.4. The maximum absolute atomic E-state index is 12.2. The number of sulfonamides is 1. The molecule has 0 aliphatic carbocycles. The van der Waals surface area contributed by atoms with Gasteiger partial charge in [0.05, 0.1) is 14.4 Å². The van der Waals surface area contributed by atoms with Crippen molar-refractivity contribution in [1.82, 2.24) is 10.0 Å². The molecule has 0 radical (unpaired) electrons. The Hall–Kier alpha value is -2.28. The molecule has 2 aromatic rings. The molecule has 1 aliphatic heterocycles. The predicted molar refractivity (Wildman–Crippen MR) is 126 cm³/mol. The van der Waals surface area contributed by atoms with Gasteiger partial charge in [-0.3, -0.25) is 14.9 Å². The second-order valence-electron chi connectivity index (χ2n) is 6.79. The number of hydrogen-bond donors (Lipinski definition) is 2. The van der Waals surface area contributed by atoms with Crippen LogP contribution in [0.3, 0.4) is 0 Å². The van der Waals surface area contributed by atoms with Crippen molar-refractivity contribution in [2.75, 3.05) is 31.2 Å². The van der Waals surface area contributed by atoms with Crippen molar-refractivity contribution in [3.63, 3.8) is 0 Å². The van der Waals surface area contributed by atoms with E-state index < -0.39 is 14.9 Å². The molecule has 1 fully saturated rings. The zero-order valence-corrected chi connectivity index (χ0v) is 19.5. The maximum Gasteiger partial charge on any atom is 0.270 e. The zero-order valence-electron chi connectivity index (χ0n) is 17.1. The Labute approximate surface area is 194 Å². The fourth-order valence-electron chi connectivity index (χ4n) is 2.84. The summed E-state index contributed by atoms with van der Waals surface area (Å²) >= 11 is 3.87. The Morgan fingerprint density at radius 3 is 2.53 bits per heavy atom. The van der Waals surface area contributed by atoms with Crippen molar-refractivity contribution >= 4 is 45.1 Å². The van der Waals surface area contributed by atoms with Crippen LogP contribution in [-0.4, -0.2) is 50.5 Å². The molecule has 0 unspecified atom stereocenters. The Balaban J connectivity index is 1.39. The van der Waals surface area contributed by atoms with Gasteiger partial charge >= 0.3 is 0 Å². The second-order valence-corrected chi connectivity index (χ2v) is 11.3. The molecule has 2 aromatic carbocycles. The third-order valence-electron chi connectivity index (χ3n) is 4.43. The van der Waals surface area contributed by atoms with Gasteiger partial charge in [0.1, 0.15) is 5.75 Å². The van der Waals surface area contributed by atoms with Gasteiger partial charge in [0.15, 0.2) is 6.61 Å². The van der Waals surface area contributed by atoms with Crippen LogP contribution in [0, 0.1) is 10.1 Å². The summed E-state index contributed by atoms with van der Waals surface area (Å²) in [6.45, 7) is -0.211. The number of hydrogen-bond acceptors (Lipinski definition) is 8. The maximum atomic E-state index is 12.2. The van der Waals surface area contributed by atoms with E-state index in [1.54, 1.807) is 0 Å². The van der Waals surface area contributed by atoms with Gasteiger partial charge in [0.2, 0.25) is 10.0 Å². The molecule has 0 atom stereocenters. The Morgan fingerprint density at radius 2 is 1.84 bits per heavy atom. The number of nitro benzene ring substituents is 1. The summed E-state index contributed by atoms with van der Waals surface area (Å²) in [6.07, 6.45) is 1.23. The molecule has 0 aromatic heterocycles. The van der Waals surface area contributed by atoms with Gasteiger partial charge in [-0.05, 0) is 41.7 Å². The van der Waals surface area contributed by atoms with E-state index in [2.05, 4.69) is 10.0 Å². The number of amides is 1. The summed E-state index contributed by atoms with van der Waals surface area (Å²) in [5, 5.41) is 13.4. The van der Waals surface area contributed by atoms with E-state index in [0.29, 0.717) is 10.3 Å². The van der Waals surface area contributed by atoms with Crippen LogP contribution in [0.2, 0.25) is 0 Å². The quantitative estimate of drug-likeness (QED) is 0.291. The number of carbonyl (C=O) groups is 1. The average molecular weight is 498 g/mol. The molecule has 9 nitrogen and oxygen atoms in total. The minimum absolute atomic E-state index is 0.0470. The summed E-state index contributed by atoms with van der Waals surface area (Å²) in [7, 11) is -3.92. The van der Waals surface area contributed by atoms with Crippen molar-refractivity contribution < 1.29 is 22.9 Å². The fourth-order valence-corrected chi connectivity index (χ4v) is 6.80. The highest BCUT2D eigenvalue weighted by Gasteiger charge is 2.18. The summed E-state index contributed by atoms with van der Waals surface area (Å²) in [5.74, 6) is 2.53. The summed E-state index contributed by atoms with van der Waals surface area (Å²) in [5.41, 5.74) is 0.912. The standard InChI is InChI=1S/C20H23N3O6S3/c24-19(14-29-17-7-5-15(6-8-17)20-30-11-2-12-31-20)21-9-10-22-32(27,28)18-4-1-3-16(13-18)23(25)26/h1,3-8,13,20,22H,2,9-12,14H2,(H,21,24). The summed E-state index contributed by atoms with van der Waals surface area (Å²) in [6, 6.07) is 12.4. The van der Waals surface area contributed by atoms with Crippen molar-refractivity contribution in [2.45, 2.75) is 15.9 Å². The van der Waals surface area contributed by atoms with Gasteiger partial charge in [0, 0.05) is 25.2 Å². The van der Waals surface area contributed by atoms with E-state index in [1.807, 2.05) is 47.8 Å².